The van der Waals surface area contributed by atoms with Gasteiger partial charge in [-0.25, -0.2) is 4.79 Å². The maximum Gasteiger partial charge on any atom is 0.332 e. The Bertz CT molecular complexity index is 864. The Morgan fingerprint density at radius 2 is 1.73 bits per heavy atom. The number of carboxylic acids is 2. The minimum Gasteiger partial charge on any atom is -0.481 e. The molecule has 0 aliphatic carbocycles. The molecule has 0 bridgehead atoms. The molecule has 0 aliphatic rings. The van der Waals surface area contributed by atoms with E-state index < -0.39 is 35.1 Å². The Morgan fingerprint density at radius 1 is 1.08 bits per heavy atom. The van der Waals surface area contributed by atoms with Gasteiger partial charge in [0.2, 0.25) is 0 Å². The van der Waals surface area contributed by atoms with E-state index in [4.69, 9.17) is 4.74 Å². The first-order valence-electron chi connectivity index (χ1n) is 7.99. The summed E-state index contributed by atoms with van der Waals surface area (Å²) < 4.78 is 4.93. The molecule has 0 amide bonds. The Kier molecular flexibility index (Phi) is 5.90. The number of carboxylic acid groups (broad SMARTS) is 2. The van der Waals surface area contributed by atoms with E-state index in [-0.39, 0.29) is 13.0 Å². The highest BCUT2D eigenvalue weighted by molar-refractivity contribution is 6.10. The fraction of sp³-hybridized carbons (Fsp3) is 0.250. The number of benzene rings is 2. The number of hydrogen-bond acceptors (Lipinski definition) is 4. The van der Waals surface area contributed by atoms with Crippen molar-refractivity contribution in [2.45, 2.75) is 12.8 Å². The SMILES string of the molecule is C=C(C(=O)O)C(CCOC)(CC(=O)c1cccc2ccccc12)C(=O)O. The van der Waals surface area contributed by atoms with Crippen molar-refractivity contribution < 1.29 is 29.3 Å². The van der Waals surface area contributed by atoms with Gasteiger partial charge in [-0.2, -0.15) is 0 Å². The monoisotopic (exact) mass is 356 g/mol. The van der Waals surface area contributed by atoms with Gasteiger partial charge in [0.05, 0.1) is 0 Å². The highest BCUT2D eigenvalue weighted by Crippen LogP contribution is 2.37. The van der Waals surface area contributed by atoms with E-state index in [2.05, 4.69) is 6.58 Å². The molecule has 6 heteroatoms. The fourth-order valence-electron chi connectivity index (χ4n) is 2.98. The van der Waals surface area contributed by atoms with Gasteiger partial charge in [-0.05, 0) is 17.2 Å². The molecule has 2 aromatic carbocycles. The highest BCUT2D eigenvalue weighted by atomic mass is 16.5. The molecule has 1 atom stereocenters. The van der Waals surface area contributed by atoms with Crippen LogP contribution in [0.2, 0.25) is 0 Å². The van der Waals surface area contributed by atoms with Crippen molar-refractivity contribution in [3.05, 3.63) is 60.2 Å². The number of hydrogen-bond donors (Lipinski definition) is 2. The van der Waals surface area contributed by atoms with Crippen LogP contribution in [0.5, 0.6) is 0 Å². The third-order valence-electron chi connectivity index (χ3n) is 4.53. The number of rotatable bonds is 9. The van der Waals surface area contributed by atoms with Gasteiger partial charge in [0.25, 0.3) is 0 Å². The van der Waals surface area contributed by atoms with Gasteiger partial charge in [0.1, 0.15) is 5.41 Å². The molecule has 2 N–H and O–H groups in total. The Morgan fingerprint density at radius 3 is 2.35 bits per heavy atom. The molecule has 1 unspecified atom stereocenters. The van der Waals surface area contributed by atoms with Crippen LogP contribution < -0.4 is 0 Å². The molecule has 0 heterocycles. The minimum absolute atomic E-state index is 0.0125. The predicted octanol–water partition coefficient (Wildman–Crippen LogP) is 3.16. The van der Waals surface area contributed by atoms with Crippen molar-refractivity contribution in [1.29, 1.82) is 0 Å². The van der Waals surface area contributed by atoms with E-state index in [1.54, 1.807) is 24.3 Å². The number of carbonyl (C=O) groups is 3. The second-order valence-corrected chi connectivity index (χ2v) is 6.04. The standard InChI is InChI=1S/C20H20O6/c1-13(18(22)23)20(19(24)25,10-11-26-2)12-17(21)16-9-5-7-14-6-3-4-8-15(14)16/h3-9H,1,10-12H2,2H3,(H,22,23)(H,24,25). The van der Waals surface area contributed by atoms with Crippen molar-refractivity contribution in [3.63, 3.8) is 0 Å². The van der Waals surface area contributed by atoms with Crippen molar-refractivity contribution in [2.24, 2.45) is 5.41 Å². The van der Waals surface area contributed by atoms with Crippen LogP contribution in [-0.4, -0.2) is 41.7 Å². The summed E-state index contributed by atoms with van der Waals surface area (Å²) in [7, 11) is 1.38. The average molecular weight is 356 g/mol. The maximum atomic E-state index is 12.9. The summed E-state index contributed by atoms with van der Waals surface area (Å²) >= 11 is 0. The van der Waals surface area contributed by atoms with Crippen LogP contribution in [-0.2, 0) is 14.3 Å². The molecule has 0 saturated heterocycles. The number of methoxy groups -OCH3 is 1. The molecule has 0 fully saturated rings. The van der Waals surface area contributed by atoms with E-state index in [9.17, 15) is 24.6 Å². The molecule has 0 aromatic heterocycles. The lowest BCUT2D eigenvalue weighted by Crippen LogP contribution is -2.39. The van der Waals surface area contributed by atoms with E-state index in [1.807, 2.05) is 18.2 Å². The van der Waals surface area contributed by atoms with E-state index in [1.165, 1.54) is 7.11 Å². The molecule has 0 radical (unpaired) electrons. The molecular weight excluding hydrogens is 336 g/mol. The summed E-state index contributed by atoms with van der Waals surface area (Å²) in [5.74, 6) is -3.31. The number of Topliss-reactive ketones (excluding diaryl/α,β-unsaturated/α-hetero) is 1. The van der Waals surface area contributed by atoms with Crippen LogP contribution in [0.25, 0.3) is 10.8 Å². The lowest BCUT2D eigenvalue weighted by Gasteiger charge is -2.29. The fourth-order valence-corrected chi connectivity index (χ4v) is 2.98. The quantitative estimate of drug-likeness (QED) is 0.529. The number of ketones is 1. The third kappa shape index (κ3) is 3.65. The molecule has 2 aromatic rings. The lowest BCUT2D eigenvalue weighted by molar-refractivity contribution is -0.151. The Balaban J connectivity index is 2.49. The predicted molar refractivity (Wildman–Crippen MR) is 96.2 cm³/mol. The van der Waals surface area contributed by atoms with Crippen LogP contribution in [0.1, 0.15) is 23.2 Å². The van der Waals surface area contributed by atoms with Gasteiger partial charge in [-0.15, -0.1) is 0 Å². The Hall–Kier alpha value is -2.99. The van der Waals surface area contributed by atoms with Gasteiger partial charge in [-0.1, -0.05) is 49.0 Å². The molecule has 136 valence electrons. The topological polar surface area (TPSA) is 101 Å². The summed E-state index contributed by atoms with van der Waals surface area (Å²) in [6, 6.07) is 12.4. The van der Waals surface area contributed by atoms with Gasteiger partial charge < -0.3 is 14.9 Å². The highest BCUT2D eigenvalue weighted by Gasteiger charge is 2.46. The zero-order valence-electron chi connectivity index (χ0n) is 14.4. The zero-order chi connectivity index (χ0) is 19.3. The van der Waals surface area contributed by atoms with Gasteiger partial charge in [0, 0.05) is 31.3 Å². The zero-order valence-corrected chi connectivity index (χ0v) is 14.4. The van der Waals surface area contributed by atoms with Crippen LogP contribution >= 0.6 is 0 Å². The summed E-state index contributed by atoms with van der Waals surface area (Å²) in [6.07, 6.45) is -0.675. The molecule has 6 nitrogen and oxygen atoms in total. The van der Waals surface area contributed by atoms with Crippen LogP contribution in [0.15, 0.2) is 54.6 Å². The van der Waals surface area contributed by atoms with Crippen molar-refractivity contribution >= 4 is 28.5 Å². The summed E-state index contributed by atoms with van der Waals surface area (Å²) in [5, 5.41) is 20.6. The minimum atomic E-state index is -1.93. The molecule has 26 heavy (non-hydrogen) atoms. The molecule has 0 saturated carbocycles. The average Bonchev–Trinajstić information content (AvgIpc) is 2.63. The number of aliphatic carboxylic acids is 2. The largest absolute Gasteiger partial charge is 0.481 e. The van der Waals surface area contributed by atoms with Gasteiger partial charge in [0.15, 0.2) is 5.78 Å². The molecule has 0 spiro atoms. The molecule has 0 aliphatic heterocycles. The molecule has 2 rings (SSSR count). The van der Waals surface area contributed by atoms with E-state index in [0.29, 0.717) is 10.9 Å². The van der Waals surface area contributed by atoms with Crippen LogP contribution in [0.4, 0.5) is 0 Å². The number of ether oxygens (including phenoxy) is 1. The Labute approximate surface area is 150 Å². The van der Waals surface area contributed by atoms with Crippen LogP contribution in [0.3, 0.4) is 0 Å². The smallest absolute Gasteiger partial charge is 0.332 e. The summed E-state index contributed by atoms with van der Waals surface area (Å²) in [5.41, 5.74) is -2.12. The van der Waals surface area contributed by atoms with E-state index >= 15 is 0 Å². The maximum absolute atomic E-state index is 12.9. The van der Waals surface area contributed by atoms with Gasteiger partial charge in [-0.3, -0.25) is 9.59 Å². The second kappa shape index (κ2) is 7.93. The van der Waals surface area contributed by atoms with Gasteiger partial charge >= 0.3 is 11.9 Å². The second-order valence-electron chi connectivity index (χ2n) is 6.04. The summed E-state index contributed by atoms with van der Waals surface area (Å²) in [6.45, 7) is 3.41. The van der Waals surface area contributed by atoms with Crippen LogP contribution in [0, 0.1) is 5.41 Å². The third-order valence-corrected chi connectivity index (χ3v) is 4.53. The lowest BCUT2D eigenvalue weighted by atomic mass is 9.73. The van der Waals surface area contributed by atoms with Crippen molar-refractivity contribution in [2.75, 3.05) is 13.7 Å². The molecular formula is C20H20O6. The first-order valence-corrected chi connectivity index (χ1v) is 7.99. The van der Waals surface area contributed by atoms with Crippen molar-refractivity contribution in [1.82, 2.24) is 0 Å². The first-order chi connectivity index (χ1) is 12.3. The summed E-state index contributed by atoms with van der Waals surface area (Å²) in [4.78, 5) is 36.3. The normalized spacial score (nSPS) is 13.1. The number of fused-ring (bicyclic) bond motifs is 1. The van der Waals surface area contributed by atoms with Crippen molar-refractivity contribution in [3.8, 4) is 0 Å². The first kappa shape index (κ1) is 19.3. The van der Waals surface area contributed by atoms with E-state index in [0.717, 1.165) is 5.39 Å². The number of carbonyl (C=O) groups excluding carboxylic acids is 1.